The Bertz CT molecular complexity index is 1230. The number of carbonyl (C=O) groups excluding carboxylic acids is 2. The largest absolute Gasteiger partial charge is 0.493 e. The third-order valence-electron chi connectivity index (χ3n) is 8.62. The van der Waals surface area contributed by atoms with Crippen LogP contribution in [-0.4, -0.2) is 66.1 Å². The lowest BCUT2D eigenvalue weighted by atomic mass is 9.93. The van der Waals surface area contributed by atoms with Gasteiger partial charge in [0, 0.05) is 24.2 Å². The van der Waals surface area contributed by atoms with Gasteiger partial charge in [-0.1, -0.05) is 32.0 Å². The van der Waals surface area contributed by atoms with Crippen LogP contribution in [-0.2, 0) is 4.79 Å². The van der Waals surface area contributed by atoms with E-state index in [0.29, 0.717) is 72.9 Å². The van der Waals surface area contributed by atoms with Crippen LogP contribution in [0.4, 0.5) is 4.39 Å². The van der Waals surface area contributed by atoms with Crippen LogP contribution in [0.5, 0.6) is 5.75 Å². The SMILES string of the molecule is CCC(F)(CC)CN1CCC(COc2ccc(-c3ccccc3C(=O)N3CCCCC3C(N)=O)c(C#N)c2)CC1. The zero-order valence-corrected chi connectivity index (χ0v) is 23.7. The molecular weight excluding hydrogens is 507 g/mol. The molecule has 214 valence electrons. The maximum atomic E-state index is 14.8. The van der Waals surface area contributed by atoms with Crippen molar-refractivity contribution < 1.29 is 18.7 Å². The molecule has 0 bridgehead atoms. The highest BCUT2D eigenvalue weighted by molar-refractivity contribution is 6.03. The normalized spacial score (nSPS) is 18.8. The molecule has 8 heteroatoms. The van der Waals surface area contributed by atoms with Crippen molar-refractivity contribution in [2.45, 2.75) is 70.5 Å². The molecule has 40 heavy (non-hydrogen) atoms. The van der Waals surface area contributed by atoms with Crippen LogP contribution in [0.2, 0.25) is 0 Å². The number of ether oxygens (including phenoxy) is 1. The van der Waals surface area contributed by atoms with Gasteiger partial charge < -0.3 is 20.3 Å². The Kier molecular flexibility index (Phi) is 9.80. The predicted octanol–water partition coefficient (Wildman–Crippen LogP) is 5.32. The number of nitriles is 1. The molecule has 7 nitrogen and oxygen atoms in total. The number of hydrogen-bond acceptors (Lipinski definition) is 5. The Hall–Kier alpha value is -3.44. The minimum absolute atomic E-state index is 0.252. The predicted molar refractivity (Wildman–Crippen MR) is 154 cm³/mol. The molecule has 2 aromatic carbocycles. The fraction of sp³-hybridized carbons (Fsp3) is 0.531. The molecular formula is C32H41FN4O3. The average molecular weight is 549 g/mol. The van der Waals surface area contributed by atoms with Crippen molar-refractivity contribution in [3.05, 3.63) is 53.6 Å². The van der Waals surface area contributed by atoms with E-state index in [1.165, 1.54) is 0 Å². The summed E-state index contributed by atoms with van der Waals surface area (Å²) in [5, 5.41) is 9.98. The summed E-state index contributed by atoms with van der Waals surface area (Å²) in [4.78, 5) is 29.4. The van der Waals surface area contributed by atoms with Crippen LogP contribution in [0.15, 0.2) is 42.5 Å². The number of likely N-dealkylation sites (tertiary alicyclic amines) is 2. The second-order valence-electron chi connectivity index (χ2n) is 11.2. The highest BCUT2D eigenvalue weighted by atomic mass is 19.1. The number of carbonyl (C=O) groups is 2. The lowest BCUT2D eigenvalue weighted by Crippen LogP contribution is -2.50. The van der Waals surface area contributed by atoms with Crippen LogP contribution >= 0.6 is 0 Å². The fourth-order valence-corrected chi connectivity index (χ4v) is 5.87. The van der Waals surface area contributed by atoms with Gasteiger partial charge in [-0.05, 0) is 93.8 Å². The minimum atomic E-state index is -1.11. The van der Waals surface area contributed by atoms with Crippen LogP contribution < -0.4 is 10.5 Å². The maximum absolute atomic E-state index is 14.8. The van der Waals surface area contributed by atoms with Crippen LogP contribution in [0.25, 0.3) is 11.1 Å². The van der Waals surface area contributed by atoms with Gasteiger partial charge >= 0.3 is 0 Å². The van der Waals surface area contributed by atoms with E-state index in [1.54, 1.807) is 23.1 Å². The van der Waals surface area contributed by atoms with E-state index in [0.717, 1.165) is 38.8 Å². The summed E-state index contributed by atoms with van der Waals surface area (Å²) in [5.74, 6) is 0.237. The number of hydrogen-bond donors (Lipinski definition) is 1. The van der Waals surface area contributed by atoms with Gasteiger partial charge in [-0.25, -0.2) is 4.39 Å². The van der Waals surface area contributed by atoms with Gasteiger partial charge in [0.1, 0.15) is 17.5 Å². The lowest BCUT2D eigenvalue weighted by molar-refractivity contribution is -0.123. The number of amides is 2. The van der Waals surface area contributed by atoms with Gasteiger partial charge in [0.05, 0.1) is 18.2 Å². The number of alkyl halides is 1. The Labute approximate surface area is 237 Å². The third kappa shape index (κ3) is 6.82. The Morgan fingerprint density at radius 1 is 1.05 bits per heavy atom. The second-order valence-corrected chi connectivity index (χ2v) is 11.2. The van der Waals surface area contributed by atoms with E-state index in [4.69, 9.17) is 10.5 Å². The topological polar surface area (TPSA) is 99.7 Å². The molecule has 2 saturated heterocycles. The van der Waals surface area contributed by atoms with Gasteiger partial charge in [0.2, 0.25) is 5.91 Å². The number of benzene rings is 2. The van der Waals surface area contributed by atoms with Crippen molar-refractivity contribution in [3.63, 3.8) is 0 Å². The highest BCUT2D eigenvalue weighted by Crippen LogP contribution is 2.32. The first-order valence-corrected chi connectivity index (χ1v) is 14.6. The van der Waals surface area contributed by atoms with Gasteiger partial charge in [-0.3, -0.25) is 9.59 Å². The first-order valence-electron chi connectivity index (χ1n) is 14.6. The summed E-state index contributed by atoms with van der Waals surface area (Å²) in [7, 11) is 0. The van der Waals surface area contributed by atoms with Gasteiger partial charge in [-0.2, -0.15) is 5.26 Å². The molecule has 0 saturated carbocycles. The minimum Gasteiger partial charge on any atom is -0.493 e. The van der Waals surface area contributed by atoms with Crippen molar-refractivity contribution >= 4 is 11.8 Å². The number of rotatable bonds is 10. The van der Waals surface area contributed by atoms with Crippen molar-refractivity contribution in [2.75, 3.05) is 32.8 Å². The van der Waals surface area contributed by atoms with Gasteiger partial charge in [0.15, 0.2) is 0 Å². The molecule has 4 rings (SSSR count). The quantitative estimate of drug-likeness (QED) is 0.433. The first kappa shape index (κ1) is 29.5. The zero-order chi connectivity index (χ0) is 28.7. The molecule has 0 radical (unpaired) electrons. The summed E-state index contributed by atoms with van der Waals surface area (Å²) < 4.78 is 20.9. The molecule has 2 aromatic rings. The van der Waals surface area contributed by atoms with Crippen molar-refractivity contribution in [3.8, 4) is 22.9 Å². The van der Waals surface area contributed by atoms with Gasteiger partial charge in [-0.15, -0.1) is 0 Å². The molecule has 1 atom stereocenters. The Morgan fingerprint density at radius 2 is 1.77 bits per heavy atom. The molecule has 2 aliphatic rings. The zero-order valence-electron chi connectivity index (χ0n) is 23.7. The molecule has 1 unspecified atom stereocenters. The van der Waals surface area contributed by atoms with Crippen LogP contribution in [0.3, 0.4) is 0 Å². The first-order chi connectivity index (χ1) is 19.3. The van der Waals surface area contributed by atoms with E-state index >= 15 is 0 Å². The van der Waals surface area contributed by atoms with E-state index in [-0.39, 0.29) is 5.91 Å². The number of nitrogens with two attached hydrogens (primary N) is 1. The molecule has 2 fully saturated rings. The van der Waals surface area contributed by atoms with E-state index in [1.807, 2.05) is 38.1 Å². The Morgan fingerprint density at radius 3 is 2.45 bits per heavy atom. The summed E-state index contributed by atoms with van der Waals surface area (Å²) in [6, 6.07) is 14.2. The van der Waals surface area contributed by atoms with E-state index in [9.17, 15) is 19.2 Å². The monoisotopic (exact) mass is 548 g/mol. The second kappa shape index (κ2) is 13.3. The summed E-state index contributed by atoms with van der Waals surface area (Å²) >= 11 is 0. The Balaban J connectivity index is 1.44. The van der Waals surface area contributed by atoms with Crippen molar-refractivity contribution in [1.29, 1.82) is 5.26 Å². The lowest BCUT2D eigenvalue weighted by Gasteiger charge is -2.36. The van der Waals surface area contributed by atoms with Crippen molar-refractivity contribution in [2.24, 2.45) is 11.7 Å². The average Bonchev–Trinajstić information content (AvgIpc) is 3.00. The third-order valence-corrected chi connectivity index (χ3v) is 8.62. The standard InChI is InChI=1S/C32H41FN4O3/c1-3-32(33,4-2)22-36-17-14-23(15-18-36)21-40-25-12-13-26(24(19-25)20-34)27-9-5-6-10-28(27)31(39)37-16-8-7-11-29(37)30(35)38/h5-6,9-10,12-13,19,23,29H,3-4,7-8,11,14-18,21-22H2,1-2H3,(H2,35,38). The molecule has 2 amide bonds. The molecule has 0 aromatic heterocycles. The summed E-state index contributed by atoms with van der Waals surface area (Å²) in [6.07, 6.45) is 5.21. The smallest absolute Gasteiger partial charge is 0.255 e. The molecule has 2 aliphatic heterocycles. The van der Waals surface area contributed by atoms with E-state index < -0.39 is 17.6 Å². The number of primary amides is 1. The van der Waals surface area contributed by atoms with Crippen LogP contribution in [0.1, 0.15) is 74.7 Å². The molecule has 2 heterocycles. The van der Waals surface area contributed by atoms with Crippen molar-refractivity contribution in [1.82, 2.24) is 9.80 Å². The summed E-state index contributed by atoms with van der Waals surface area (Å²) in [6.45, 7) is 7.06. The van der Waals surface area contributed by atoms with Gasteiger partial charge in [0.25, 0.3) is 5.91 Å². The fourth-order valence-electron chi connectivity index (χ4n) is 5.87. The number of halogens is 1. The highest BCUT2D eigenvalue weighted by Gasteiger charge is 2.33. The molecule has 0 aliphatic carbocycles. The number of piperidine rings is 2. The molecule has 2 N–H and O–H groups in total. The van der Waals surface area contributed by atoms with E-state index in [2.05, 4.69) is 11.0 Å². The summed E-state index contributed by atoms with van der Waals surface area (Å²) in [5.41, 5.74) is 6.62. The maximum Gasteiger partial charge on any atom is 0.255 e. The van der Waals surface area contributed by atoms with Crippen LogP contribution in [0, 0.1) is 17.2 Å². The number of nitrogens with zero attached hydrogens (tertiary/aromatic N) is 3. The molecule has 0 spiro atoms.